The Labute approximate surface area is 99.9 Å². The first-order valence-corrected chi connectivity index (χ1v) is 5.76. The van der Waals surface area contributed by atoms with Crippen LogP contribution in [0, 0.1) is 10.1 Å². The second kappa shape index (κ2) is 5.14. The third-order valence-corrected chi connectivity index (χ3v) is 3.20. The molecule has 1 aliphatic rings. The Morgan fingerprint density at radius 2 is 2.12 bits per heavy atom. The van der Waals surface area contributed by atoms with Crippen LogP contribution in [-0.2, 0) is 0 Å². The Hall–Kier alpha value is -1.62. The Bertz CT molecular complexity index is 414. The van der Waals surface area contributed by atoms with Crippen molar-refractivity contribution in [2.75, 3.05) is 20.2 Å². The van der Waals surface area contributed by atoms with Gasteiger partial charge in [-0.3, -0.25) is 10.1 Å². The molecular formula is C12H16N2O3. The third kappa shape index (κ3) is 2.39. The maximum atomic E-state index is 10.9. The molecular weight excluding hydrogens is 220 g/mol. The zero-order valence-corrected chi connectivity index (χ0v) is 9.81. The van der Waals surface area contributed by atoms with Gasteiger partial charge in [-0.1, -0.05) is 12.1 Å². The van der Waals surface area contributed by atoms with Gasteiger partial charge in [0.25, 0.3) is 0 Å². The minimum Gasteiger partial charge on any atom is -0.490 e. The lowest BCUT2D eigenvalue weighted by Crippen LogP contribution is -2.26. The van der Waals surface area contributed by atoms with Crippen molar-refractivity contribution in [1.29, 1.82) is 0 Å². The van der Waals surface area contributed by atoms with Crippen molar-refractivity contribution in [3.8, 4) is 5.75 Å². The number of rotatable bonds is 3. The first kappa shape index (κ1) is 11.9. The van der Waals surface area contributed by atoms with Gasteiger partial charge >= 0.3 is 5.69 Å². The fraction of sp³-hybridized carbons (Fsp3) is 0.500. The summed E-state index contributed by atoms with van der Waals surface area (Å²) in [4.78, 5) is 10.5. The second-order valence-corrected chi connectivity index (χ2v) is 4.18. The summed E-state index contributed by atoms with van der Waals surface area (Å²) in [5.41, 5.74) is 1.02. The Kier molecular flexibility index (Phi) is 3.58. The summed E-state index contributed by atoms with van der Waals surface area (Å²) in [6, 6.07) is 5.16. The standard InChI is InChI=1S/C12H16N2O3/c1-17-12-10(9-5-7-13-8-6-9)3-2-4-11(12)14(15)16/h2-4,9,13H,5-8H2,1H3. The molecule has 1 fully saturated rings. The first-order chi connectivity index (χ1) is 8.24. The molecule has 0 atom stereocenters. The predicted molar refractivity (Wildman–Crippen MR) is 64.5 cm³/mol. The highest BCUT2D eigenvalue weighted by Gasteiger charge is 2.24. The molecule has 0 aliphatic carbocycles. The van der Waals surface area contributed by atoms with Crippen LogP contribution in [0.2, 0.25) is 0 Å². The lowest BCUT2D eigenvalue weighted by atomic mass is 9.89. The van der Waals surface area contributed by atoms with Crippen LogP contribution in [0.5, 0.6) is 5.75 Å². The average molecular weight is 236 g/mol. The molecule has 0 amide bonds. The number of ether oxygens (including phenoxy) is 1. The van der Waals surface area contributed by atoms with Gasteiger partial charge in [-0.25, -0.2) is 0 Å². The number of benzene rings is 1. The Balaban J connectivity index is 2.38. The third-order valence-electron chi connectivity index (χ3n) is 3.20. The van der Waals surface area contributed by atoms with Crippen LogP contribution in [0.3, 0.4) is 0 Å². The van der Waals surface area contributed by atoms with Gasteiger partial charge in [-0.15, -0.1) is 0 Å². The van der Waals surface area contributed by atoms with Crippen molar-refractivity contribution < 1.29 is 9.66 Å². The zero-order chi connectivity index (χ0) is 12.3. The summed E-state index contributed by atoms with van der Waals surface area (Å²) in [7, 11) is 1.49. The molecule has 92 valence electrons. The molecule has 0 spiro atoms. The predicted octanol–water partition coefficient (Wildman–Crippen LogP) is 2.07. The lowest BCUT2D eigenvalue weighted by molar-refractivity contribution is -0.385. The lowest BCUT2D eigenvalue weighted by Gasteiger charge is -2.24. The van der Waals surface area contributed by atoms with Gasteiger partial charge in [-0.2, -0.15) is 0 Å². The molecule has 1 heterocycles. The van der Waals surface area contributed by atoms with E-state index in [0.29, 0.717) is 11.7 Å². The van der Waals surface area contributed by atoms with Gasteiger partial charge in [0, 0.05) is 11.6 Å². The van der Waals surface area contributed by atoms with E-state index in [0.717, 1.165) is 31.5 Å². The highest BCUT2D eigenvalue weighted by atomic mass is 16.6. The molecule has 0 radical (unpaired) electrons. The second-order valence-electron chi connectivity index (χ2n) is 4.18. The van der Waals surface area contributed by atoms with Crippen LogP contribution in [0.1, 0.15) is 24.3 Å². The summed E-state index contributed by atoms with van der Waals surface area (Å²) in [5.74, 6) is 0.774. The summed E-state index contributed by atoms with van der Waals surface area (Å²) < 4.78 is 5.23. The van der Waals surface area contributed by atoms with Crippen molar-refractivity contribution in [2.24, 2.45) is 0 Å². The van der Waals surface area contributed by atoms with Gasteiger partial charge < -0.3 is 10.1 Å². The minimum absolute atomic E-state index is 0.0588. The minimum atomic E-state index is -0.386. The Morgan fingerprint density at radius 1 is 1.41 bits per heavy atom. The quantitative estimate of drug-likeness (QED) is 0.644. The van der Waals surface area contributed by atoms with E-state index in [4.69, 9.17) is 4.74 Å². The Morgan fingerprint density at radius 3 is 2.71 bits per heavy atom. The van der Waals surface area contributed by atoms with E-state index in [1.54, 1.807) is 6.07 Å². The number of hydrogen-bond donors (Lipinski definition) is 1. The van der Waals surface area contributed by atoms with E-state index < -0.39 is 0 Å². The molecule has 1 N–H and O–H groups in total. The fourth-order valence-corrected chi connectivity index (χ4v) is 2.36. The van der Waals surface area contributed by atoms with E-state index in [1.807, 2.05) is 6.07 Å². The number of nitro groups is 1. The largest absolute Gasteiger partial charge is 0.490 e. The van der Waals surface area contributed by atoms with Crippen molar-refractivity contribution in [1.82, 2.24) is 5.32 Å². The van der Waals surface area contributed by atoms with Crippen molar-refractivity contribution in [3.05, 3.63) is 33.9 Å². The molecule has 1 saturated heterocycles. The molecule has 2 rings (SSSR count). The van der Waals surface area contributed by atoms with E-state index in [-0.39, 0.29) is 10.6 Å². The topological polar surface area (TPSA) is 64.4 Å². The molecule has 1 aliphatic heterocycles. The summed E-state index contributed by atoms with van der Waals surface area (Å²) in [6.07, 6.45) is 2.00. The van der Waals surface area contributed by atoms with Crippen molar-refractivity contribution in [3.63, 3.8) is 0 Å². The smallest absolute Gasteiger partial charge is 0.311 e. The van der Waals surface area contributed by atoms with E-state index in [9.17, 15) is 10.1 Å². The van der Waals surface area contributed by atoms with Crippen LogP contribution >= 0.6 is 0 Å². The molecule has 0 aromatic heterocycles. The number of hydrogen-bond acceptors (Lipinski definition) is 4. The average Bonchev–Trinajstić information content (AvgIpc) is 2.38. The van der Waals surface area contributed by atoms with Crippen LogP contribution in [0.4, 0.5) is 5.69 Å². The normalized spacial score (nSPS) is 16.8. The molecule has 1 aromatic carbocycles. The molecule has 1 aromatic rings. The number of para-hydroxylation sites is 1. The van der Waals surface area contributed by atoms with Gasteiger partial charge in [0.1, 0.15) is 0 Å². The van der Waals surface area contributed by atoms with Crippen LogP contribution < -0.4 is 10.1 Å². The van der Waals surface area contributed by atoms with Crippen LogP contribution in [0.15, 0.2) is 18.2 Å². The van der Waals surface area contributed by atoms with Gasteiger partial charge in [0.05, 0.1) is 12.0 Å². The summed E-state index contributed by atoms with van der Waals surface area (Å²) in [5, 5.41) is 14.2. The fourth-order valence-electron chi connectivity index (χ4n) is 2.36. The maximum absolute atomic E-state index is 10.9. The van der Waals surface area contributed by atoms with E-state index in [1.165, 1.54) is 13.2 Å². The van der Waals surface area contributed by atoms with Gasteiger partial charge in [-0.05, 0) is 31.8 Å². The summed E-state index contributed by atoms with van der Waals surface area (Å²) in [6.45, 7) is 1.91. The zero-order valence-electron chi connectivity index (χ0n) is 9.81. The number of methoxy groups -OCH3 is 1. The molecule has 17 heavy (non-hydrogen) atoms. The van der Waals surface area contributed by atoms with Crippen molar-refractivity contribution in [2.45, 2.75) is 18.8 Å². The SMILES string of the molecule is COc1c(C2CCNCC2)cccc1[N+](=O)[O-]. The highest BCUT2D eigenvalue weighted by Crippen LogP contribution is 2.38. The maximum Gasteiger partial charge on any atom is 0.311 e. The monoisotopic (exact) mass is 236 g/mol. The molecule has 5 heteroatoms. The number of nitro benzene ring substituents is 1. The number of nitrogens with zero attached hydrogens (tertiary/aromatic N) is 1. The van der Waals surface area contributed by atoms with Crippen LogP contribution in [0.25, 0.3) is 0 Å². The molecule has 0 unspecified atom stereocenters. The van der Waals surface area contributed by atoms with Gasteiger partial charge in [0.15, 0.2) is 5.75 Å². The first-order valence-electron chi connectivity index (χ1n) is 5.76. The van der Waals surface area contributed by atoms with Gasteiger partial charge in [0.2, 0.25) is 0 Å². The summed E-state index contributed by atoms with van der Waals surface area (Å²) >= 11 is 0. The van der Waals surface area contributed by atoms with Crippen LogP contribution in [-0.4, -0.2) is 25.1 Å². The number of nitrogens with one attached hydrogen (secondary N) is 1. The molecule has 0 bridgehead atoms. The van der Waals surface area contributed by atoms with Crippen molar-refractivity contribution >= 4 is 5.69 Å². The molecule has 0 saturated carbocycles. The van der Waals surface area contributed by atoms with E-state index >= 15 is 0 Å². The number of piperidine rings is 1. The van der Waals surface area contributed by atoms with E-state index in [2.05, 4.69) is 5.32 Å². The molecule has 5 nitrogen and oxygen atoms in total. The highest BCUT2D eigenvalue weighted by molar-refractivity contribution is 5.53.